The maximum atomic E-state index is 12.7. The third kappa shape index (κ3) is 4.12. The lowest BCUT2D eigenvalue weighted by molar-refractivity contribution is 0.0937. The highest BCUT2D eigenvalue weighted by Gasteiger charge is 2.23. The molecule has 1 amide bonds. The predicted molar refractivity (Wildman–Crippen MR) is 105 cm³/mol. The maximum Gasteiger partial charge on any atom is 0.251 e. The van der Waals surface area contributed by atoms with E-state index in [1.54, 1.807) is 31.4 Å². The van der Waals surface area contributed by atoms with Crippen LogP contribution in [0.25, 0.3) is 0 Å². The molecule has 0 unspecified atom stereocenters. The van der Waals surface area contributed by atoms with Gasteiger partial charge in [-0.1, -0.05) is 60.7 Å². The maximum absolute atomic E-state index is 12.7. The van der Waals surface area contributed by atoms with E-state index < -0.39 is 0 Å². The van der Waals surface area contributed by atoms with Gasteiger partial charge in [0.15, 0.2) is 0 Å². The van der Waals surface area contributed by atoms with Crippen molar-refractivity contribution in [2.24, 2.45) is 0 Å². The van der Waals surface area contributed by atoms with Gasteiger partial charge < -0.3 is 10.1 Å². The molecule has 0 aliphatic carbocycles. The number of amides is 1. The number of nitrogens with one attached hydrogen (secondary N) is 1. The molecule has 3 heteroatoms. The Hall–Kier alpha value is -3.07. The van der Waals surface area contributed by atoms with Crippen LogP contribution in [0.5, 0.6) is 5.75 Å². The summed E-state index contributed by atoms with van der Waals surface area (Å²) in [6.07, 6.45) is 0. The van der Waals surface area contributed by atoms with Crippen LogP contribution in [0.2, 0.25) is 0 Å². The lowest BCUT2D eigenvalue weighted by Gasteiger charge is -2.26. The van der Waals surface area contributed by atoms with Crippen LogP contribution < -0.4 is 10.1 Å². The first kappa shape index (κ1) is 17.7. The van der Waals surface area contributed by atoms with Crippen LogP contribution in [0, 0.1) is 0 Å². The summed E-state index contributed by atoms with van der Waals surface area (Å²) >= 11 is 0. The molecule has 0 saturated heterocycles. The molecule has 26 heavy (non-hydrogen) atoms. The predicted octanol–water partition coefficient (Wildman–Crippen LogP) is 4.65. The topological polar surface area (TPSA) is 38.3 Å². The van der Waals surface area contributed by atoms with Gasteiger partial charge in [0, 0.05) is 17.5 Å². The highest BCUT2D eigenvalue weighted by Crippen LogP contribution is 2.28. The molecule has 3 aromatic rings. The number of benzene rings is 3. The van der Waals surface area contributed by atoms with E-state index in [4.69, 9.17) is 4.74 Å². The summed E-state index contributed by atoms with van der Waals surface area (Å²) in [6, 6.07) is 27.6. The SMILES string of the molecule is COc1ccc(C(=O)N[C@H](C)C(c2ccccc2)c2ccccc2)cc1. The van der Waals surface area contributed by atoms with Gasteiger partial charge in [-0.25, -0.2) is 0 Å². The first-order chi connectivity index (χ1) is 12.7. The van der Waals surface area contributed by atoms with Crippen molar-refractivity contribution in [2.75, 3.05) is 7.11 Å². The minimum absolute atomic E-state index is 0.0607. The molecule has 0 radical (unpaired) electrons. The Bertz CT molecular complexity index is 790. The van der Waals surface area contributed by atoms with Crippen molar-refractivity contribution in [3.05, 3.63) is 102 Å². The van der Waals surface area contributed by atoms with Gasteiger partial charge in [0.2, 0.25) is 0 Å². The molecule has 1 atom stereocenters. The van der Waals surface area contributed by atoms with E-state index in [1.165, 1.54) is 11.1 Å². The van der Waals surface area contributed by atoms with Gasteiger partial charge in [0.1, 0.15) is 5.75 Å². The Morgan fingerprint density at radius 1 is 0.808 bits per heavy atom. The molecule has 0 bridgehead atoms. The monoisotopic (exact) mass is 345 g/mol. The molecule has 0 spiro atoms. The Labute approximate surface area is 154 Å². The van der Waals surface area contributed by atoms with Gasteiger partial charge in [0.25, 0.3) is 5.91 Å². The molecule has 1 N–H and O–H groups in total. The fourth-order valence-electron chi connectivity index (χ4n) is 3.21. The smallest absolute Gasteiger partial charge is 0.251 e. The number of carbonyl (C=O) groups excluding carboxylic acids is 1. The highest BCUT2D eigenvalue weighted by molar-refractivity contribution is 5.94. The van der Waals surface area contributed by atoms with Crippen LogP contribution in [0.3, 0.4) is 0 Å². The lowest BCUT2D eigenvalue weighted by atomic mass is 9.85. The fraction of sp³-hybridized carbons (Fsp3) is 0.174. The van der Waals surface area contributed by atoms with Gasteiger partial charge in [-0.05, 0) is 42.3 Å². The minimum Gasteiger partial charge on any atom is -0.497 e. The Balaban J connectivity index is 1.83. The number of hydrogen-bond donors (Lipinski definition) is 1. The number of hydrogen-bond acceptors (Lipinski definition) is 2. The van der Waals surface area contributed by atoms with E-state index in [0.717, 1.165) is 5.75 Å². The molecule has 0 heterocycles. The molecule has 0 fully saturated rings. The minimum atomic E-state index is -0.0861. The van der Waals surface area contributed by atoms with E-state index in [-0.39, 0.29) is 17.9 Å². The zero-order chi connectivity index (χ0) is 18.4. The summed E-state index contributed by atoms with van der Waals surface area (Å²) in [5, 5.41) is 3.15. The lowest BCUT2D eigenvalue weighted by Crippen LogP contribution is -2.37. The van der Waals surface area contributed by atoms with Crippen molar-refractivity contribution < 1.29 is 9.53 Å². The first-order valence-corrected chi connectivity index (χ1v) is 8.74. The average Bonchev–Trinajstić information content (AvgIpc) is 2.70. The van der Waals surface area contributed by atoms with Gasteiger partial charge in [0.05, 0.1) is 7.11 Å². The van der Waals surface area contributed by atoms with Crippen LogP contribution in [0.15, 0.2) is 84.9 Å². The Morgan fingerprint density at radius 3 is 1.77 bits per heavy atom. The van der Waals surface area contributed by atoms with Crippen molar-refractivity contribution in [3.8, 4) is 5.75 Å². The van der Waals surface area contributed by atoms with Crippen molar-refractivity contribution in [1.29, 1.82) is 0 Å². The van der Waals surface area contributed by atoms with Crippen LogP contribution in [-0.4, -0.2) is 19.1 Å². The van der Waals surface area contributed by atoms with Crippen LogP contribution >= 0.6 is 0 Å². The van der Waals surface area contributed by atoms with Crippen LogP contribution in [-0.2, 0) is 0 Å². The normalized spacial score (nSPS) is 11.8. The zero-order valence-corrected chi connectivity index (χ0v) is 15.1. The van der Waals surface area contributed by atoms with E-state index in [1.807, 2.05) is 43.3 Å². The summed E-state index contributed by atoms with van der Waals surface area (Å²) in [7, 11) is 1.61. The number of rotatable bonds is 6. The fourth-order valence-corrected chi connectivity index (χ4v) is 3.21. The molecule has 132 valence electrons. The van der Waals surface area contributed by atoms with E-state index >= 15 is 0 Å². The van der Waals surface area contributed by atoms with Crippen molar-refractivity contribution in [1.82, 2.24) is 5.32 Å². The largest absolute Gasteiger partial charge is 0.497 e. The van der Waals surface area contributed by atoms with E-state index in [9.17, 15) is 4.79 Å². The molecule has 3 aromatic carbocycles. The summed E-state index contributed by atoms with van der Waals surface area (Å²) in [6.45, 7) is 2.05. The summed E-state index contributed by atoms with van der Waals surface area (Å²) in [4.78, 5) is 12.7. The summed E-state index contributed by atoms with van der Waals surface area (Å²) in [5.74, 6) is 0.734. The quantitative estimate of drug-likeness (QED) is 0.706. The second kappa shape index (κ2) is 8.34. The van der Waals surface area contributed by atoms with Crippen LogP contribution in [0.1, 0.15) is 34.3 Å². The summed E-state index contributed by atoms with van der Waals surface area (Å²) < 4.78 is 5.15. The zero-order valence-electron chi connectivity index (χ0n) is 15.1. The van der Waals surface area contributed by atoms with E-state index in [0.29, 0.717) is 5.56 Å². The van der Waals surface area contributed by atoms with Gasteiger partial charge in [-0.2, -0.15) is 0 Å². The van der Waals surface area contributed by atoms with Gasteiger partial charge >= 0.3 is 0 Å². The van der Waals surface area contributed by atoms with Crippen molar-refractivity contribution in [3.63, 3.8) is 0 Å². The molecule has 0 saturated carbocycles. The van der Waals surface area contributed by atoms with Crippen molar-refractivity contribution in [2.45, 2.75) is 18.9 Å². The average molecular weight is 345 g/mol. The van der Waals surface area contributed by atoms with Crippen molar-refractivity contribution >= 4 is 5.91 Å². The third-order valence-electron chi connectivity index (χ3n) is 4.53. The molecule has 3 nitrogen and oxygen atoms in total. The number of carbonyl (C=O) groups is 1. The highest BCUT2D eigenvalue weighted by atomic mass is 16.5. The summed E-state index contributed by atoms with van der Waals surface area (Å²) in [5.41, 5.74) is 2.99. The molecule has 0 aromatic heterocycles. The molecular weight excluding hydrogens is 322 g/mol. The third-order valence-corrected chi connectivity index (χ3v) is 4.53. The van der Waals surface area contributed by atoms with E-state index in [2.05, 4.69) is 29.6 Å². The molecular formula is C23H23NO2. The number of methoxy groups -OCH3 is 1. The van der Waals surface area contributed by atoms with Crippen LogP contribution in [0.4, 0.5) is 0 Å². The Morgan fingerprint density at radius 2 is 1.31 bits per heavy atom. The standard InChI is InChI=1S/C23H23NO2/c1-17(24-23(25)20-13-15-21(26-2)16-14-20)22(18-9-5-3-6-10-18)19-11-7-4-8-12-19/h3-17,22H,1-2H3,(H,24,25)/t17-/m1/s1. The molecule has 0 aliphatic rings. The number of ether oxygens (including phenoxy) is 1. The van der Waals surface area contributed by atoms with Gasteiger partial charge in [-0.15, -0.1) is 0 Å². The van der Waals surface area contributed by atoms with Gasteiger partial charge in [-0.3, -0.25) is 4.79 Å². The molecule has 0 aliphatic heterocycles. The second-order valence-corrected chi connectivity index (χ2v) is 6.29. The Kier molecular flexibility index (Phi) is 5.69. The molecule has 3 rings (SSSR count). The first-order valence-electron chi connectivity index (χ1n) is 8.74. The second-order valence-electron chi connectivity index (χ2n) is 6.29.